The van der Waals surface area contributed by atoms with Gasteiger partial charge in [0.1, 0.15) is 5.69 Å². The summed E-state index contributed by atoms with van der Waals surface area (Å²) in [5.74, 6) is -0.740. The van der Waals surface area contributed by atoms with Gasteiger partial charge in [-0.05, 0) is 18.3 Å². The molecule has 0 spiro atoms. The standard InChI is InChI=1S/C12H19N3O3/c1-8(2)3-9(4-11(16)17)5-14-12(18)10-6-13-7-15-10/h6-9H,3-5H2,1-2H3,(H,13,15)(H,14,18)(H,16,17). The predicted octanol–water partition coefficient (Wildman–Crippen LogP) is 1.28. The quantitative estimate of drug-likeness (QED) is 0.682. The zero-order valence-electron chi connectivity index (χ0n) is 10.6. The molecule has 1 unspecified atom stereocenters. The van der Waals surface area contributed by atoms with Gasteiger partial charge >= 0.3 is 5.97 Å². The predicted molar refractivity (Wildman–Crippen MR) is 66.1 cm³/mol. The molecule has 18 heavy (non-hydrogen) atoms. The molecular formula is C12H19N3O3. The van der Waals surface area contributed by atoms with Crippen LogP contribution in [0.1, 0.15) is 37.2 Å². The zero-order valence-corrected chi connectivity index (χ0v) is 10.6. The van der Waals surface area contributed by atoms with Gasteiger partial charge in [-0.1, -0.05) is 13.8 Å². The molecule has 0 radical (unpaired) electrons. The maximum absolute atomic E-state index is 11.7. The minimum absolute atomic E-state index is 0.0469. The van der Waals surface area contributed by atoms with E-state index in [9.17, 15) is 9.59 Å². The second-order valence-corrected chi connectivity index (χ2v) is 4.77. The third-order valence-electron chi connectivity index (χ3n) is 2.56. The number of hydrogen-bond acceptors (Lipinski definition) is 3. The van der Waals surface area contributed by atoms with Crippen molar-refractivity contribution in [2.45, 2.75) is 26.7 Å². The highest BCUT2D eigenvalue weighted by Gasteiger charge is 2.16. The Labute approximate surface area is 106 Å². The summed E-state index contributed by atoms with van der Waals surface area (Å²) in [5.41, 5.74) is 0.383. The highest BCUT2D eigenvalue weighted by Crippen LogP contribution is 2.14. The average Bonchev–Trinajstić information content (AvgIpc) is 2.77. The van der Waals surface area contributed by atoms with Gasteiger partial charge in [0.05, 0.1) is 12.5 Å². The Balaban J connectivity index is 2.45. The molecule has 0 bridgehead atoms. The van der Waals surface area contributed by atoms with E-state index in [1.54, 1.807) is 0 Å². The molecule has 1 amide bonds. The van der Waals surface area contributed by atoms with Crippen LogP contribution in [0.2, 0.25) is 0 Å². The van der Waals surface area contributed by atoms with Gasteiger partial charge in [0.15, 0.2) is 0 Å². The largest absolute Gasteiger partial charge is 0.481 e. The van der Waals surface area contributed by atoms with Crippen LogP contribution in [0.25, 0.3) is 0 Å². The zero-order chi connectivity index (χ0) is 13.5. The number of carbonyl (C=O) groups is 2. The van der Waals surface area contributed by atoms with Crippen LogP contribution in [0, 0.1) is 11.8 Å². The number of H-pyrrole nitrogens is 1. The first kappa shape index (κ1) is 14.2. The number of rotatable bonds is 7. The second kappa shape index (κ2) is 6.78. The topological polar surface area (TPSA) is 95.1 Å². The SMILES string of the molecule is CC(C)CC(CNC(=O)c1cnc[nH]1)CC(=O)O. The molecule has 0 saturated carbocycles. The first-order chi connectivity index (χ1) is 8.49. The van der Waals surface area contributed by atoms with Crippen LogP contribution in [0.4, 0.5) is 0 Å². The maximum Gasteiger partial charge on any atom is 0.303 e. The molecule has 0 aliphatic heterocycles. The Bertz CT molecular complexity index is 387. The Morgan fingerprint density at radius 2 is 2.22 bits per heavy atom. The molecule has 0 saturated heterocycles. The van der Waals surface area contributed by atoms with E-state index in [-0.39, 0.29) is 18.2 Å². The number of aromatic nitrogens is 2. The van der Waals surface area contributed by atoms with Crippen molar-refractivity contribution in [3.05, 3.63) is 18.2 Å². The molecule has 0 aliphatic rings. The molecule has 3 N–H and O–H groups in total. The number of carboxylic acids is 1. The molecule has 0 fully saturated rings. The summed E-state index contributed by atoms with van der Waals surface area (Å²) in [7, 11) is 0. The molecule has 1 heterocycles. The first-order valence-corrected chi connectivity index (χ1v) is 5.97. The average molecular weight is 253 g/mol. The van der Waals surface area contributed by atoms with Gasteiger partial charge in [0, 0.05) is 13.0 Å². The van der Waals surface area contributed by atoms with Gasteiger partial charge in [0.2, 0.25) is 0 Å². The van der Waals surface area contributed by atoms with E-state index in [2.05, 4.69) is 15.3 Å². The molecule has 1 rings (SSSR count). The van der Waals surface area contributed by atoms with E-state index in [4.69, 9.17) is 5.11 Å². The molecule has 1 atom stereocenters. The minimum Gasteiger partial charge on any atom is -0.481 e. The number of aromatic amines is 1. The highest BCUT2D eigenvalue weighted by atomic mass is 16.4. The van der Waals surface area contributed by atoms with Crippen molar-refractivity contribution in [1.82, 2.24) is 15.3 Å². The lowest BCUT2D eigenvalue weighted by Crippen LogP contribution is -2.31. The normalized spacial score (nSPS) is 12.4. The fourth-order valence-corrected chi connectivity index (χ4v) is 1.86. The van der Waals surface area contributed by atoms with Crippen molar-refractivity contribution in [2.75, 3.05) is 6.54 Å². The number of amides is 1. The van der Waals surface area contributed by atoms with Crippen molar-refractivity contribution < 1.29 is 14.7 Å². The van der Waals surface area contributed by atoms with Gasteiger partial charge in [-0.3, -0.25) is 9.59 Å². The van der Waals surface area contributed by atoms with Crippen LogP contribution in [0.5, 0.6) is 0 Å². The Morgan fingerprint density at radius 1 is 1.50 bits per heavy atom. The summed E-state index contributed by atoms with van der Waals surface area (Å²) in [6.45, 7) is 4.43. The number of carbonyl (C=O) groups excluding carboxylic acids is 1. The van der Waals surface area contributed by atoms with E-state index in [0.717, 1.165) is 6.42 Å². The van der Waals surface area contributed by atoms with Crippen LogP contribution in [0.15, 0.2) is 12.5 Å². The van der Waals surface area contributed by atoms with E-state index in [1.165, 1.54) is 12.5 Å². The lowest BCUT2D eigenvalue weighted by Gasteiger charge is -2.17. The first-order valence-electron chi connectivity index (χ1n) is 5.97. The number of hydrogen-bond donors (Lipinski definition) is 3. The fourth-order valence-electron chi connectivity index (χ4n) is 1.86. The lowest BCUT2D eigenvalue weighted by atomic mass is 9.94. The van der Waals surface area contributed by atoms with Gasteiger partial charge in [0.25, 0.3) is 5.91 Å². The monoisotopic (exact) mass is 253 g/mol. The smallest absolute Gasteiger partial charge is 0.303 e. The van der Waals surface area contributed by atoms with Gasteiger partial charge in [-0.25, -0.2) is 4.98 Å². The molecule has 100 valence electrons. The van der Waals surface area contributed by atoms with Crippen molar-refractivity contribution in [3.8, 4) is 0 Å². The van der Waals surface area contributed by atoms with Crippen LogP contribution in [-0.2, 0) is 4.79 Å². The van der Waals surface area contributed by atoms with Crippen LogP contribution in [0.3, 0.4) is 0 Å². The fraction of sp³-hybridized carbons (Fsp3) is 0.583. The van der Waals surface area contributed by atoms with E-state index >= 15 is 0 Å². The lowest BCUT2D eigenvalue weighted by molar-refractivity contribution is -0.138. The summed E-state index contributed by atoms with van der Waals surface area (Å²) in [5, 5.41) is 11.5. The maximum atomic E-state index is 11.7. The third kappa shape index (κ3) is 4.99. The van der Waals surface area contributed by atoms with Crippen LogP contribution < -0.4 is 5.32 Å². The van der Waals surface area contributed by atoms with Gasteiger partial charge in [-0.2, -0.15) is 0 Å². The van der Waals surface area contributed by atoms with Crippen molar-refractivity contribution in [1.29, 1.82) is 0 Å². The van der Waals surface area contributed by atoms with Crippen LogP contribution >= 0.6 is 0 Å². The molecule has 6 heteroatoms. The van der Waals surface area contributed by atoms with Crippen molar-refractivity contribution in [2.24, 2.45) is 11.8 Å². The number of nitrogens with zero attached hydrogens (tertiary/aromatic N) is 1. The highest BCUT2D eigenvalue weighted by molar-refractivity contribution is 5.91. The summed E-state index contributed by atoms with van der Waals surface area (Å²) >= 11 is 0. The Morgan fingerprint density at radius 3 is 2.72 bits per heavy atom. The molecule has 0 aromatic carbocycles. The van der Waals surface area contributed by atoms with Gasteiger partial charge in [-0.15, -0.1) is 0 Å². The Hall–Kier alpha value is -1.85. The summed E-state index contributed by atoms with van der Waals surface area (Å²) in [6, 6.07) is 0. The van der Waals surface area contributed by atoms with E-state index in [0.29, 0.717) is 18.2 Å². The van der Waals surface area contributed by atoms with Crippen molar-refractivity contribution in [3.63, 3.8) is 0 Å². The van der Waals surface area contributed by atoms with Crippen LogP contribution in [-0.4, -0.2) is 33.5 Å². The minimum atomic E-state index is -0.837. The molecule has 0 aliphatic carbocycles. The second-order valence-electron chi connectivity index (χ2n) is 4.77. The van der Waals surface area contributed by atoms with E-state index < -0.39 is 5.97 Å². The number of imidazole rings is 1. The van der Waals surface area contributed by atoms with Gasteiger partial charge < -0.3 is 15.4 Å². The molecule has 1 aromatic heterocycles. The number of carboxylic acid groups (broad SMARTS) is 1. The molecule has 6 nitrogen and oxygen atoms in total. The van der Waals surface area contributed by atoms with Crippen molar-refractivity contribution >= 4 is 11.9 Å². The summed E-state index contributed by atoms with van der Waals surface area (Å²) < 4.78 is 0. The molecule has 1 aromatic rings. The third-order valence-corrected chi connectivity index (χ3v) is 2.56. The Kier molecular flexibility index (Phi) is 5.35. The van der Waals surface area contributed by atoms with E-state index in [1.807, 2.05) is 13.8 Å². The number of aliphatic carboxylic acids is 1. The molecular weight excluding hydrogens is 234 g/mol. The summed E-state index contributed by atoms with van der Waals surface area (Å²) in [4.78, 5) is 28.8. The summed E-state index contributed by atoms with van der Waals surface area (Å²) in [6.07, 6.45) is 3.71. The number of nitrogens with one attached hydrogen (secondary N) is 2.